The number of carbonyl (C=O) groups excluding carboxylic acids is 2. The highest BCUT2D eigenvalue weighted by molar-refractivity contribution is 5.96. The van der Waals surface area contributed by atoms with Gasteiger partial charge in [0, 0.05) is 13.2 Å². The minimum atomic E-state index is -0.199. The third kappa shape index (κ3) is 4.31. The van der Waals surface area contributed by atoms with Crippen molar-refractivity contribution in [3.8, 4) is 0 Å². The summed E-state index contributed by atoms with van der Waals surface area (Å²) in [5, 5.41) is 12.0. The molecule has 4 heteroatoms. The molecule has 1 aliphatic carbocycles. The van der Waals surface area contributed by atoms with Crippen molar-refractivity contribution >= 4 is 11.7 Å². The molecule has 1 saturated carbocycles. The topological polar surface area (TPSA) is 66.4 Å². The summed E-state index contributed by atoms with van der Waals surface area (Å²) in [7, 11) is 0. The first-order valence-electron chi connectivity index (χ1n) is 6.00. The standard InChI is InChI=1S/C12H21NO3/c1-9(15)6-12(16)13-7-10-4-2-3-5-11(10)8-14/h10-11,14H,2-8H2,1H3,(H,13,16). The van der Waals surface area contributed by atoms with E-state index in [0.29, 0.717) is 18.4 Å². The van der Waals surface area contributed by atoms with E-state index in [9.17, 15) is 14.7 Å². The van der Waals surface area contributed by atoms with Crippen LogP contribution in [0.2, 0.25) is 0 Å². The average molecular weight is 227 g/mol. The summed E-state index contributed by atoms with van der Waals surface area (Å²) >= 11 is 0. The summed E-state index contributed by atoms with van der Waals surface area (Å²) in [6.07, 6.45) is 4.42. The zero-order chi connectivity index (χ0) is 12.0. The molecular formula is C12H21NO3. The Morgan fingerprint density at radius 1 is 1.25 bits per heavy atom. The normalized spacial score (nSPS) is 25.1. The molecule has 0 spiro atoms. The smallest absolute Gasteiger partial charge is 0.227 e. The van der Waals surface area contributed by atoms with Gasteiger partial charge in [-0.3, -0.25) is 9.59 Å². The SMILES string of the molecule is CC(=O)CC(=O)NCC1CCCCC1CO. The van der Waals surface area contributed by atoms with Crippen LogP contribution in [0.1, 0.15) is 39.0 Å². The zero-order valence-corrected chi connectivity index (χ0v) is 9.87. The molecule has 16 heavy (non-hydrogen) atoms. The summed E-state index contributed by atoms with van der Waals surface area (Å²) in [6, 6.07) is 0. The molecule has 2 unspecified atom stereocenters. The Kier molecular flexibility index (Phi) is 5.46. The molecule has 1 amide bonds. The molecule has 0 bridgehead atoms. The quantitative estimate of drug-likeness (QED) is 0.685. The monoisotopic (exact) mass is 227 g/mol. The maximum absolute atomic E-state index is 11.3. The van der Waals surface area contributed by atoms with Crippen LogP contribution in [-0.4, -0.2) is 29.9 Å². The molecule has 0 aromatic heterocycles. The Morgan fingerprint density at radius 2 is 1.88 bits per heavy atom. The summed E-state index contributed by atoms with van der Waals surface area (Å²) < 4.78 is 0. The minimum Gasteiger partial charge on any atom is -0.396 e. The average Bonchev–Trinajstić information content (AvgIpc) is 2.26. The highest BCUT2D eigenvalue weighted by atomic mass is 16.3. The molecule has 1 fully saturated rings. The molecule has 2 N–H and O–H groups in total. The Morgan fingerprint density at radius 3 is 2.44 bits per heavy atom. The second kappa shape index (κ2) is 6.63. The molecule has 0 saturated heterocycles. The fraction of sp³-hybridized carbons (Fsp3) is 0.833. The van der Waals surface area contributed by atoms with Gasteiger partial charge in [0.05, 0.1) is 6.42 Å². The van der Waals surface area contributed by atoms with E-state index < -0.39 is 0 Å². The highest BCUT2D eigenvalue weighted by Crippen LogP contribution is 2.28. The molecule has 0 heterocycles. The number of carbonyl (C=O) groups is 2. The van der Waals surface area contributed by atoms with Gasteiger partial charge in [0.15, 0.2) is 0 Å². The maximum atomic E-state index is 11.3. The first-order valence-corrected chi connectivity index (χ1v) is 6.00. The summed E-state index contributed by atoms with van der Waals surface area (Å²) in [5.74, 6) is 0.371. The van der Waals surface area contributed by atoms with Crippen molar-refractivity contribution in [2.75, 3.05) is 13.2 Å². The van der Waals surface area contributed by atoms with Crippen molar-refractivity contribution in [1.82, 2.24) is 5.32 Å². The number of nitrogens with one attached hydrogen (secondary N) is 1. The summed E-state index contributed by atoms with van der Waals surface area (Å²) in [4.78, 5) is 22.0. The lowest BCUT2D eigenvalue weighted by molar-refractivity contribution is -0.127. The van der Waals surface area contributed by atoms with Gasteiger partial charge in [-0.2, -0.15) is 0 Å². The number of Topliss-reactive ketones (excluding diaryl/α,β-unsaturated/α-hetero) is 1. The Hall–Kier alpha value is -0.900. The van der Waals surface area contributed by atoms with Crippen LogP contribution in [0.5, 0.6) is 0 Å². The van der Waals surface area contributed by atoms with E-state index >= 15 is 0 Å². The van der Waals surface area contributed by atoms with E-state index in [1.54, 1.807) is 0 Å². The van der Waals surface area contributed by atoms with Gasteiger partial charge in [-0.15, -0.1) is 0 Å². The van der Waals surface area contributed by atoms with Crippen molar-refractivity contribution in [3.05, 3.63) is 0 Å². The fourth-order valence-electron chi connectivity index (χ4n) is 2.33. The Bertz CT molecular complexity index is 253. The second-order valence-corrected chi connectivity index (χ2v) is 4.67. The van der Waals surface area contributed by atoms with Crippen molar-refractivity contribution in [3.63, 3.8) is 0 Å². The molecule has 2 atom stereocenters. The molecule has 0 aliphatic heterocycles. The van der Waals surface area contributed by atoms with Gasteiger partial charge in [0.25, 0.3) is 0 Å². The van der Waals surface area contributed by atoms with Crippen LogP contribution in [-0.2, 0) is 9.59 Å². The van der Waals surface area contributed by atoms with Crippen molar-refractivity contribution < 1.29 is 14.7 Å². The Balaban J connectivity index is 2.29. The van der Waals surface area contributed by atoms with Crippen LogP contribution in [0.25, 0.3) is 0 Å². The van der Waals surface area contributed by atoms with Crippen molar-refractivity contribution in [1.29, 1.82) is 0 Å². The van der Waals surface area contributed by atoms with Gasteiger partial charge in [0.2, 0.25) is 5.91 Å². The largest absolute Gasteiger partial charge is 0.396 e. The third-order valence-electron chi connectivity index (χ3n) is 3.27. The van der Waals surface area contributed by atoms with Crippen LogP contribution in [0, 0.1) is 11.8 Å². The van der Waals surface area contributed by atoms with E-state index in [1.807, 2.05) is 0 Å². The van der Waals surface area contributed by atoms with E-state index in [1.165, 1.54) is 19.8 Å². The van der Waals surface area contributed by atoms with Crippen LogP contribution in [0.4, 0.5) is 0 Å². The highest BCUT2D eigenvalue weighted by Gasteiger charge is 2.24. The lowest BCUT2D eigenvalue weighted by Gasteiger charge is -2.30. The van der Waals surface area contributed by atoms with E-state index in [0.717, 1.165) is 12.8 Å². The van der Waals surface area contributed by atoms with E-state index in [4.69, 9.17) is 0 Å². The molecule has 0 aromatic rings. The summed E-state index contributed by atoms with van der Waals surface area (Å²) in [5.41, 5.74) is 0. The van der Waals surface area contributed by atoms with Crippen molar-refractivity contribution in [2.45, 2.75) is 39.0 Å². The number of aliphatic hydroxyl groups excluding tert-OH is 1. The maximum Gasteiger partial charge on any atom is 0.227 e. The van der Waals surface area contributed by atoms with Crippen LogP contribution in [0.3, 0.4) is 0 Å². The molecule has 92 valence electrons. The molecular weight excluding hydrogens is 206 g/mol. The van der Waals surface area contributed by atoms with Crippen LogP contribution in [0.15, 0.2) is 0 Å². The number of hydrogen-bond acceptors (Lipinski definition) is 3. The van der Waals surface area contributed by atoms with Crippen LogP contribution < -0.4 is 5.32 Å². The van der Waals surface area contributed by atoms with Crippen LogP contribution >= 0.6 is 0 Å². The van der Waals surface area contributed by atoms with Gasteiger partial charge in [-0.05, 0) is 31.6 Å². The predicted molar refractivity (Wildman–Crippen MR) is 60.8 cm³/mol. The van der Waals surface area contributed by atoms with Gasteiger partial charge in [-0.25, -0.2) is 0 Å². The number of aliphatic hydroxyl groups is 1. The first-order chi connectivity index (χ1) is 7.63. The molecule has 1 rings (SSSR count). The first kappa shape index (κ1) is 13.2. The van der Waals surface area contributed by atoms with Gasteiger partial charge >= 0.3 is 0 Å². The zero-order valence-electron chi connectivity index (χ0n) is 9.87. The predicted octanol–water partition coefficient (Wildman–Crippen LogP) is 0.880. The molecule has 0 radical (unpaired) electrons. The minimum absolute atomic E-state index is 0.0312. The third-order valence-corrected chi connectivity index (χ3v) is 3.27. The van der Waals surface area contributed by atoms with E-state index in [2.05, 4.69) is 5.32 Å². The van der Waals surface area contributed by atoms with Crippen molar-refractivity contribution in [2.24, 2.45) is 11.8 Å². The second-order valence-electron chi connectivity index (χ2n) is 4.67. The van der Waals surface area contributed by atoms with Gasteiger partial charge in [0.1, 0.15) is 5.78 Å². The number of ketones is 1. The summed E-state index contributed by atoms with van der Waals surface area (Å²) in [6.45, 7) is 2.21. The molecule has 4 nitrogen and oxygen atoms in total. The lowest BCUT2D eigenvalue weighted by Crippen LogP contribution is -2.36. The fourth-order valence-corrected chi connectivity index (χ4v) is 2.33. The van der Waals surface area contributed by atoms with Gasteiger partial charge < -0.3 is 10.4 Å². The number of amides is 1. The number of hydrogen-bond donors (Lipinski definition) is 2. The molecule has 1 aliphatic rings. The van der Waals surface area contributed by atoms with Gasteiger partial charge in [-0.1, -0.05) is 12.8 Å². The molecule has 0 aromatic carbocycles. The number of rotatable bonds is 5. The lowest BCUT2D eigenvalue weighted by atomic mass is 9.79. The van der Waals surface area contributed by atoms with E-state index in [-0.39, 0.29) is 24.7 Å². The Labute approximate surface area is 96.4 Å².